The standard InChI is InChI=1S/C17H24ClNO2/c1-12-9-16(2,3)11-17(10-12,15(20)21-4)19-14-7-5-6-13(18)8-14/h5-8,12,19H,9-11H2,1-4H3. The lowest BCUT2D eigenvalue weighted by Crippen LogP contribution is -2.54. The second-order valence-electron chi connectivity index (χ2n) is 7.06. The smallest absolute Gasteiger partial charge is 0.331 e. The molecule has 0 aromatic heterocycles. The van der Waals surface area contributed by atoms with Gasteiger partial charge in [-0.1, -0.05) is 38.4 Å². The van der Waals surface area contributed by atoms with Gasteiger partial charge in [0.15, 0.2) is 0 Å². The highest BCUT2D eigenvalue weighted by atomic mass is 35.5. The molecule has 0 saturated heterocycles. The van der Waals surface area contributed by atoms with Crippen molar-refractivity contribution in [2.75, 3.05) is 12.4 Å². The fourth-order valence-corrected chi connectivity index (χ4v) is 4.10. The van der Waals surface area contributed by atoms with Crippen LogP contribution in [0.1, 0.15) is 40.0 Å². The maximum absolute atomic E-state index is 12.5. The Morgan fingerprint density at radius 3 is 2.67 bits per heavy atom. The number of hydrogen-bond donors (Lipinski definition) is 1. The van der Waals surface area contributed by atoms with Crippen molar-refractivity contribution >= 4 is 23.3 Å². The SMILES string of the molecule is COC(=O)C1(Nc2cccc(Cl)c2)CC(C)CC(C)(C)C1. The van der Waals surface area contributed by atoms with Gasteiger partial charge in [-0.2, -0.15) is 0 Å². The number of hydrogen-bond acceptors (Lipinski definition) is 3. The second-order valence-corrected chi connectivity index (χ2v) is 7.50. The summed E-state index contributed by atoms with van der Waals surface area (Å²) in [6.45, 7) is 6.61. The molecule has 0 amide bonds. The molecule has 1 N–H and O–H groups in total. The fourth-order valence-electron chi connectivity index (χ4n) is 3.91. The van der Waals surface area contributed by atoms with Crippen molar-refractivity contribution in [1.29, 1.82) is 0 Å². The summed E-state index contributed by atoms with van der Waals surface area (Å²) in [6.07, 6.45) is 2.64. The summed E-state index contributed by atoms with van der Waals surface area (Å²) < 4.78 is 5.10. The Hall–Kier alpha value is -1.22. The van der Waals surface area contributed by atoms with Crippen LogP contribution in [0.2, 0.25) is 5.02 Å². The Bertz CT molecular complexity index is 529. The third-order valence-corrected chi connectivity index (χ3v) is 4.40. The summed E-state index contributed by atoms with van der Waals surface area (Å²) in [5.74, 6) is 0.265. The minimum atomic E-state index is -0.680. The third kappa shape index (κ3) is 3.70. The number of esters is 1. The van der Waals surface area contributed by atoms with E-state index in [4.69, 9.17) is 16.3 Å². The molecule has 1 aromatic rings. The average molecular weight is 310 g/mol. The van der Waals surface area contributed by atoms with Gasteiger partial charge in [-0.15, -0.1) is 0 Å². The van der Waals surface area contributed by atoms with Gasteiger partial charge < -0.3 is 10.1 Å². The van der Waals surface area contributed by atoms with Crippen LogP contribution in [-0.4, -0.2) is 18.6 Å². The molecule has 0 heterocycles. The first-order valence-corrected chi connectivity index (χ1v) is 7.76. The Kier molecular flexibility index (Phi) is 4.52. The van der Waals surface area contributed by atoms with Crippen molar-refractivity contribution in [3.63, 3.8) is 0 Å². The molecule has 1 aliphatic carbocycles. The molecule has 116 valence electrons. The number of halogens is 1. The van der Waals surface area contributed by atoms with Crippen LogP contribution in [0.25, 0.3) is 0 Å². The van der Waals surface area contributed by atoms with Crippen LogP contribution in [0.15, 0.2) is 24.3 Å². The summed E-state index contributed by atoms with van der Waals surface area (Å²) >= 11 is 6.05. The zero-order valence-corrected chi connectivity index (χ0v) is 14.0. The van der Waals surface area contributed by atoms with Crippen LogP contribution in [0.4, 0.5) is 5.69 Å². The lowest BCUT2D eigenvalue weighted by molar-refractivity contribution is -0.149. The molecule has 0 spiro atoms. The molecular formula is C17H24ClNO2. The molecule has 1 aliphatic rings. The van der Waals surface area contributed by atoms with Crippen LogP contribution in [0.5, 0.6) is 0 Å². The lowest BCUT2D eigenvalue weighted by Gasteiger charge is -2.46. The molecule has 4 heteroatoms. The molecule has 0 aliphatic heterocycles. The average Bonchev–Trinajstić information content (AvgIpc) is 2.35. The number of carbonyl (C=O) groups excluding carboxylic acids is 1. The number of benzene rings is 1. The molecule has 1 aromatic carbocycles. The quantitative estimate of drug-likeness (QED) is 0.835. The van der Waals surface area contributed by atoms with E-state index in [1.165, 1.54) is 7.11 Å². The topological polar surface area (TPSA) is 38.3 Å². The van der Waals surface area contributed by atoms with E-state index in [9.17, 15) is 4.79 Å². The van der Waals surface area contributed by atoms with Crippen LogP contribution in [-0.2, 0) is 9.53 Å². The van der Waals surface area contributed by atoms with Crippen LogP contribution in [0.3, 0.4) is 0 Å². The number of anilines is 1. The molecule has 2 unspecified atom stereocenters. The van der Waals surface area contributed by atoms with Crippen molar-refractivity contribution in [3.05, 3.63) is 29.3 Å². The molecule has 0 bridgehead atoms. The maximum atomic E-state index is 12.5. The first-order chi connectivity index (χ1) is 9.76. The first kappa shape index (κ1) is 16.2. The maximum Gasteiger partial charge on any atom is 0.331 e. The number of ether oxygens (including phenoxy) is 1. The van der Waals surface area contributed by atoms with Crippen LogP contribution < -0.4 is 5.32 Å². The Morgan fingerprint density at radius 2 is 2.10 bits per heavy atom. The van der Waals surface area contributed by atoms with Crippen molar-refractivity contribution < 1.29 is 9.53 Å². The van der Waals surface area contributed by atoms with E-state index < -0.39 is 5.54 Å². The number of carbonyl (C=O) groups is 1. The van der Waals surface area contributed by atoms with Gasteiger partial charge in [0.05, 0.1) is 7.11 Å². The molecule has 21 heavy (non-hydrogen) atoms. The predicted octanol–water partition coefficient (Wildman–Crippen LogP) is 4.51. The van der Waals surface area contributed by atoms with Gasteiger partial charge in [0.1, 0.15) is 5.54 Å². The normalized spacial score (nSPS) is 28.0. The molecular weight excluding hydrogens is 286 g/mol. The van der Waals surface area contributed by atoms with E-state index in [0.717, 1.165) is 24.9 Å². The van der Waals surface area contributed by atoms with Crippen LogP contribution in [0, 0.1) is 11.3 Å². The highest BCUT2D eigenvalue weighted by Crippen LogP contribution is 2.46. The van der Waals surface area contributed by atoms with Gasteiger partial charge in [0.25, 0.3) is 0 Å². The summed E-state index contributed by atoms with van der Waals surface area (Å²) in [7, 11) is 1.45. The van der Waals surface area contributed by atoms with Crippen molar-refractivity contribution in [3.8, 4) is 0 Å². The molecule has 1 fully saturated rings. The van der Waals surface area contributed by atoms with Gasteiger partial charge in [-0.25, -0.2) is 4.79 Å². The Morgan fingerprint density at radius 1 is 1.38 bits per heavy atom. The molecule has 1 saturated carbocycles. The zero-order valence-electron chi connectivity index (χ0n) is 13.2. The highest BCUT2D eigenvalue weighted by Gasteiger charge is 2.48. The fraction of sp³-hybridized carbons (Fsp3) is 0.588. The van der Waals surface area contributed by atoms with Gasteiger partial charge in [-0.05, 0) is 48.8 Å². The first-order valence-electron chi connectivity index (χ1n) is 7.38. The molecule has 3 nitrogen and oxygen atoms in total. The van der Waals surface area contributed by atoms with Gasteiger partial charge in [0.2, 0.25) is 0 Å². The minimum Gasteiger partial charge on any atom is -0.467 e. The lowest BCUT2D eigenvalue weighted by atomic mass is 9.64. The number of methoxy groups -OCH3 is 1. The van der Waals surface area contributed by atoms with E-state index in [-0.39, 0.29) is 11.4 Å². The summed E-state index contributed by atoms with van der Waals surface area (Å²) in [4.78, 5) is 12.5. The number of rotatable bonds is 3. The van der Waals surface area contributed by atoms with E-state index in [0.29, 0.717) is 10.9 Å². The summed E-state index contributed by atoms with van der Waals surface area (Å²) in [5, 5.41) is 4.07. The van der Waals surface area contributed by atoms with E-state index >= 15 is 0 Å². The van der Waals surface area contributed by atoms with Crippen LogP contribution >= 0.6 is 11.6 Å². The largest absolute Gasteiger partial charge is 0.467 e. The van der Waals surface area contributed by atoms with E-state index in [2.05, 4.69) is 26.1 Å². The molecule has 2 rings (SSSR count). The summed E-state index contributed by atoms with van der Waals surface area (Å²) in [6, 6.07) is 7.49. The van der Waals surface area contributed by atoms with Gasteiger partial charge >= 0.3 is 5.97 Å². The van der Waals surface area contributed by atoms with E-state index in [1.807, 2.05) is 24.3 Å². The minimum absolute atomic E-state index is 0.0947. The third-order valence-electron chi connectivity index (χ3n) is 4.16. The predicted molar refractivity (Wildman–Crippen MR) is 86.6 cm³/mol. The van der Waals surface area contributed by atoms with Crippen molar-refractivity contribution in [2.45, 2.75) is 45.6 Å². The molecule has 0 radical (unpaired) electrons. The second kappa shape index (κ2) is 5.88. The number of nitrogens with one attached hydrogen (secondary N) is 1. The molecule has 2 atom stereocenters. The van der Waals surface area contributed by atoms with Crippen molar-refractivity contribution in [1.82, 2.24) is 0 Å². The van der Waals surface area contributed by atoms with Crippen molar-refractivity contribution in [2.24, 2.45) is 11.3 Å². The Labute approximate surface area is 132 Å². The Balaban J connectivity index is 2.35. The zero-order chi connectivity index (χ0) is 15.7. The van der Waals surface area contributed by atoms with E-state index in [1.54, 1.807) is 0 Å². The van der Waals surface area contributed by atoms with Gasteiger partial charge in [0, 0.05) is 10.7 Å². The monoisotopic (exact) mass is 309 g/mol. The highest BCUT2D eigenvalue weighted by molar-refractivity contribution is 6.30. The van der Waals surface area contributed by atoms with Gasteiger partial charge in [-0.3, -0.25) is 0 Å². The summed E-state index contributed by atoms with van der Waals surface area (Å²) in [5.41, 5.74) is 0.274.